The molecular formula is C15H21NO3S. The Bertz CT molecular complexity index is 448. The lowest BCUT2D eigenvalue weighted by Gasteiger charge is -2.06. The van der Waals surface area contributed by atoms with Gasteiger partial charge in [0.1, 0.15) is 0 Å². The van der Waals surface area contributed by atoms with E-state index in [4.69, 9.17) is 4.74 Å². The van der Waals surface area contributed by atoms with Gasteiger partial charge in [0.25, 0.3) is 0 Å². The fourth-order valence-electron chi connectivity index (χ4n) is 1.61. The third-order valence-electron chi connectivity index (χ3n) is 2.64. The van der Waals surface area contributed by atoms with Gasteiger partial charge in [-0.1, -0.05) is 18.2 Å². The number of nitrogens with one attached hydrogen (secondary N) is 1. The van der Waals surface area contributed by atoms with Crippen LogP contribution in [0.1, 0.15) is 25.3 Å². The van der Waals surface area contributed by atoms with Crippen molar-refractivity contribution in [3.63, 3.8) is 0 Å². The Kier molecular flexibility index (Phi) is 7.80. The molecule has 110 valence electrons. The molecule has 0 spiro atoms. The zero-order chi connectivity index (χ0) is 14.8. The molecule has 0 radical (unpaired) electrons. The molecule has 0 fully saturated rings. The molecule has 1 aromatic rings. The summed E-state index contributed by atoms with van der Waals surface area (Å²) in [7, 11) is 0. The Balaban J connectivity index is 2.15. The van der Waals surface area contributed by atoms with Crippen LogP contribution in [0.25, 0.3) is 0 Å². The molecular weight excluding hydrogens is 274 g/mol. The van der Waals surface area contributed by atoms with Crippen LogP contribution < -0.4 is 5.32 Å². The average molecular weight is 295 g/mol. The highest BCUT2D eigenvalue weighted by molar-refractivity contribution is 8.00. The van der Waals surface area contributed by atoms with Crippen molar-refractivity contribution in [2.45, 2.75) is 31.6 Å². The summed E-state index contributed by atoms with van der Waals surface area (Å²) < 4.78 is 4.81. The van der Waals surface area contributed by atoms with E-state index in [-0.39, 0.29) is 11.9 Å². The molecule has 1 N–H and O–H groups in total. The first-order chi connectivity index (χ1) is 9.63. The van der Waals surface area contributed by atoms with Crippen LogP contribution in [-0.2, 0) is 14.3 Å². The largest absolute Gasteiger partial charge is 0.466 e. The number of rotatable bonds is 8. The molecule has 0 unspecified atom stereocenters. The molecule has 0 aliphatic carbocycles. The van der Waals surface area contributed by atoms with Crippen molar-refractivity contribution in [1.82, 2.24) is 5.32 Å². The number of hydrogen-bond donors (Lipinski definition) is 1. The van der Waals surface area contributed by atoms with Crippen molar-refractivity contribution in [1.29, 1.82) is 0 Å². The first-order valence-corrected chi connectivity index (χ1v) is 7.72. The van der Waals surface area contributed by atoms with Crippen molar-refractivity contribution in [3.8, 4) is 0 Å². The van der Waals surface area contributed by atoms with Crippen LogP contribution in [0.5, 0.6) is 0 Å². The van der Waals surface area contributed by atoms with E-state index in [0.29, 0.717) is 31.7 Å². The minimum absolute atomic E-state index is 0.0119. The molecule has 5 heteroatoms. The maximum atomic E-state index is 11.6. The molecule has 20 heavy (non-hydrogen) atoms. The predicted molar refractivity (Wildman–Crippen MR) is 80.8 cm³/mol. The van der Waals surface area contributed by atoms with Gasteiger partial charge < -0.3 is 10.1 Å². The number of carbonyl (C=O) groups is 2. The Morgan fingerprint density at radius 3 is 2.75 bits per heavy atom. The molecule has 1 amide bonds. The van der Waals surface area contributed by atoms with E-state index in [2.05, 4.69) is 5.32 Å². The van der Waals surface area contributed by atoms with Gasteiger partial charge in [0.15, 0.2) is 0 Å². The van der Waals surface area contributed by atoms with Gasteiger partial charge in [-0.3, -0.25) is 9.59 Å². The number of amides is 1. The smallest absolute Gasteiger partial charge is 0.305 e. The van der Waals surface area contributed by atoms with Crippen LogP contribution in [-0.4, -0.2) is 30.8 Å². The summed E-state index contributed by atoms with van der Waals surface area (Å²) in [5.74, 6) is 0.169. The van der Waals surface area contributed by atoms with Gasteiger partial charge >= 0.3 is 5.97 Å². The third kappa shape index (κ3) is 6.61. The van der Waals surface area contributed by atoms with Crippen molar-refractivity contribution >= 4 is 23.6 Å². The molecule has 1 aromatic carbocycles. The van der Waals surface area contributed by atoms with Crippen molar-refractivity contribution in [2.24, 2.45) is 0 Å². The maximum absolute atomic E-state index is 11.6. The van der Waals surface area contributed by atoms with Crippen LogP contribution in [0, 0.1) is 6.92 Å². The van der Waals surface area contributed by atoms with Crippen LogP contribution in [0.4, 0.5) is 0 Å². The molecule has 0 aliphatic rings. The summed E-state index contributed by atoms with van der Waals surface area (Å²) in [4.78, 5) is 23.9. The van der Waals surface area contributed by atoms with Gasteiger partial charge in [-0.2, -0.15) is 0 Å². The zero-order valence-corrected chi connectivity index (χ0v) is 12.8. The Morgan fingerprint density at radius 2 is 2.05 bits per heavy atom. The summed E-state index contributed by atoms with van der Waals surface area (Å²) in [6, 6.07) is 7.98. The highest BCUT2D eigenvalue weighted by Gasteiger charge is 2.05. The summed E-state index contributed by atoms with van der Waals surface area (Å²) in [5, 5.41) is 2.80. The normalized spacial score (nSPS) is 10.1. The predicted octanol–water partition coefficient (Wildman–Crippen LogP) is 2.55. The number of benzene rings is 1. The number of esters is 1. The molecule has 4 nitrogen and oxygen atoms in total. The number of aryl methyl sites for hydroxylation is 1. The topological polar surface area (TPSA) is 55.4 Å². The second-order valence-corrected chi connectivity index (χ2v) is 5.33. The highest BCUT2D eigenvalue weighted by atomic mass is 32.2. The van der Waals surface area contributed by atoms with E-state index in [1.807, 2.05) is 31.2 Å². The van der Waals surface area contributed by atoms with Gasteiger partial charge in [0.05, 0.1) is 12.4 Å². The fourth-order valence-corrected chi connectivity index (χ4v) is 2.47. The maximum Gasteiger partial charge on any atom is 0.305 e. The van der Waals surface area contributed by atoms with Gasteiger partial charge in [-0.25, -0.2) is 0 Å². The van der Waals surface area contributed by atoms with Gasteiger partial charge in [0.2, 0.25) is 5.91 Å². The molecule has 0 aliphatic heterocycles. The Morgan fingerprint density at radius 1 is 1.30 bits per heavy atom. The zero-order valence-electron chi connectivity index (χ0n) is 12.0. The summed E-state index contributed by atoms with van der Waals surface area (Å²) in [6.45, 7) is 4.71. The second kappa shape index (κ2) is 9.42. The van der Waals surface area contributed by atoms with Crippen LogP contribution in [0.15, 0.2) is 29.2 Å². The van der Waals surface area contributed by atoms with E-state index < -0.39 is 0 Å². The fraction of sp³-hybridized carbons (Fsp3) is 0.467. The summed E-state index contributed by atoms with van der Waals surface area (Å²) in [6.07, 6.45) is 0.957. The lowest BCUT2D eigenvalue weighted by molar-refractivity contribution is -0.143. The lowest BCUT2D eigenvalue weighted by atomic mass is 10.2. The molecule has 0 atom stereocenters. The minimum Gasteiger partial charge on any atom is -0.466 e. The van der Waals surface area contributed by atoms with E-state index in [0.717, 1.165) is 4.90 Å². The van der Waals surface area contributed by atoms with Crippen molar-refractivity contribution in [3.05, 3.63) is 29.8 Å². The van der Waals surface area contributed by atoms with Crippen molar-refractivity contribution in [2.75, 3.05) is 18.9 Å². The van der Waals surface area contributed by atoms with E-state index >= 15 is 0 Å². The van der Waals surface area contributed by atoms with Crippen molar-refractivity contribution < 1.29 is 14.3 Å². The number of carbonyl (C=O) groups excluding carboxylic acids is 2. The van der Waals surface area contributed by atoms with E-state index in [9.17, 15) is 9.59 Å². The third-order valence-corrected chi connectivity index (χ3v) is 3.81. The summed E-state index contributed by atoms with van der Waals surface area (Å²) >= 11 is 1.52. The van der Waals surface area contributed by atoms with Gasteiger partial charge in [-0.15, -0.1) is 11.8 Å². The quantitative estimate of drug-likeness (QED) is 0.455. The number of thioether (sulfide) groups is 1. The van der Waals surface area contributed by atoms with Gasteiger partial charge in [-0.05, 0) is 31.9 Å². The Hall–Kier alpha value is -1.49. The number of ether oxygens (including phenoxy) is 1. The SMILES string of the molecule is CCOC(=O)CCCNC(=O)CSc1ccccc1C. The molecule has 0 bridgehead atoms. The van der Waals surface area contributed by atoms with E-state index in [1.165, 1.54) is 17.3 Å². The monoisotopic (exact) mass is 295 g/mol. The second-order valence-electron chi connectivity index (χ2n) is 4.31. The average Bonchev–Trinajstić information content (AvgIpc) is 2.43. The van der Waals surface area contributed by atoms with Crippen LogP contribution in [0.3, 0.4) is 0 Å². The molecule has 0 saturated carbocycles. The molecule has 0 saturated heterocycles. The van der Waals surface area contributed by atoms with Crippen LogP contribution in [0.2, 0.25) is 0 Å². The first kappa shape index (κ1) is 16.6. The molecule has 0 aromatic heterocycles. The minimum atomic E-state index is -0.212. The molecule has 1 rings (SSSR count). The number of hydrogen-bond acceptors (Lipinski definition) is 4. The lowest BCUT2D eigenvalue weighted by Crippen LogP contribution is -2.26. The standard InChI is InChI=1S/C15H21NO3S/c1-3-19-15(18)9-6-10-16-14(17)11-20-13-8-5-4-7-12(13)2/h4-5,7-8H,3,6,9-11H2,1-2H3,(H,16,17). The first-order valence-electron chi connectivity index (χ1n) is 6.74. The Labute approximate surface area is 124 Å². The molecule has 0 heterocycles. The highest BCUT2D eigenvalue weighted by Crippen LogP contribution is 2.21. The summed E-state index contributed by atoms with van der Waals surface area (Å²) in [5.41, 5.74) is 1.17. The van der Waals surface area contributed by atoms with Gasteiger partial charge in [0, 0.05) is 17.9 Å². The van der Waals surface area contributed by atoms with Crippen LogP contribution >= 0.6 is 11.8 Å². The van der Waals surface area contributed by atoms with E-state index in [1.54, 1.807) is 6.92 Å².